The minimum Gasteiger partial charge on any atom is -0.396 e. The van der Waals surface area contributed by atoms with Crippen LogP contribution in [0.25, 0.3) is 0 Å². The summed E-state index contributed by atoms with van der Waals surface area (Å²) in [5.41, 5.74) is 0. The van der Waals surface area contributed by atoms with E-state index in [0.29, 0.717) is 19.1 Å². The lowest BCUT2D eigenvalue weighted by atomic mass is 10.1. The van der Waals surface area contributed by atoms with Gasteiger partial charge in [-0.1, -0.05) is 13.8 Å². The second-order valence-electron chi connectivity index (χ2n) is 7.59. The van der Waals surface area contributed by atoms with E-state index < -0.39 is 12.2 Å². The first-order valence-electron chi connectivity index (χ1n) is 11.6. The number of carbonyl (C=O) groups excluding carboxylic acids is 1. The summed E-state index contributed by atoms with van der Waals surface area (Å²) in [4.78, 5) is 11.7. The van der Waals surface area contributed by atoms with Crippen LogP contribution in [-0.2, 0) is 17.3 Å². The topological polar surface area (TPSA) is 138 Å². The van der Waals surface area contributed by atoms with Crippen molar-refractivity contribution >= 4 is 61.2 Å². The van der Waals surface area contributed by atoms with Gasteiger partial charge < -0.3 is 36.6 Å². The molecule has 1 aliphatic carbocycles. The first-order chi connectivity index (χ1) is 15.9. The lowest BCUT2D eigenvalue weighted by Crippen LogP contribution is -2.25. The zero-order chi connectivity index (χ0) is 25.6. The Bertz CT molecular complexity index is 446. The molecule has 2 rings (SSSR count). The fourth-order valence-electron chi connectivity index (χ4n) is 3.04. The summed E-state index contributed by atoms with van der Waals surface area (Å²) in [5.74, 6) is 0.0668. The number of aliphatic hydroxyl groups excluding tert-OH is 3. The van der Waals surface area contributed by atoms with Gasteiger partial charge in [0.05, 0.1) is 43.5 Å². The zero-order valence-corrected chi connectivity index (χ0v) is 25.5. The molecule has 1 heterocycles. The highest BCUT2D eigenvalue weighted by Gasteiger charge is 2.47. The monoisotopic (exact) mass is 723 g/mol. The molecule has 0 bridgehead atoms. The van der Waals surface area contributed by atoms with E-state index in [1.165, 1.54) is 0 Å². The second-order valence-corrected chi connectivity index (χ2v) is 9.15. The van der Waals surface area contributed by atoms with E-state index in [0.717, 1.165) is 74.7 Å². The summed E-state index contributed by atoms with van der Waals surface area (Å²) < 4.78 is 23.3. The second kappa shape index (κ2) is 24.8. The molecule has 0 aromatic rings. The van der Waals surface area contributed by atoms with E-state index in [4.69, 9.17) is 31.3 Å². The molecule has 6 atom stereocenters. The van der Waals surface area contributed by atoms with E-state index >= 15 is 0 Å². The number of nitrogens with one attached hydrogen (secondary N) is 1. The maximum absolute atomic E-state index is 11.7. The highest BCUT2D eigenvalue weighted by molar-refractivity contribution is 14.1. The Labute approximate surface area is 229 Å². The van der Waals surface area contributed by atoms with Crippen LogP contribution < -0.4 is 5.32 Å². The number of hydrogen-bond acceptors (Lipinski definition) is 8. The molecule has 0 radical (unpaired) electrons. The number of unbranched alkanes of at least 4 members (excludes halogenated alkanes) is 1. The third kappa shape index (κ3) is 19.9. The molecule has 0 aromatic carbocycles. The Morgan fingerprint density at radius 3 is 2.24 bits per heavy atom. The van der Waals surface area contributed by atoms with Gasteiger partial charge in [-0.15, -0.1) is 9.24 Å². The van der Waals surface area contributed by atoms with Crippen LogP contribution in [0.1, 0.15) is 65.7 Å². The number of carbonyl (C=O) groups is 1. The van der Waals surface area contributed by atoms with Crippen molar-refractivity contribution in [3.63, 3.8) is 0 Å². The normalized spacial score (nSPS) is 25.9. The van der Waals surface area contributed by atoms with Crippen molar-refractivity contribution in [2.24, 2.45) is 5.92 Å². The highest BCUT2D eigenvalue weighted by atomic mass is 127. The third-order valence-electron chi connectivity index (χ3n) is 4.95. The van der Waals surface area contributed by atoms with Gasteiger partial charge in [0.1, 0.15) is 46.0 Å². The Morgan fingerprint density at radius 2 is 1.76 bits per heavy atom. The number of aliphatic hydroxyl groups is 3. The molecule has 1 aliphatic heterocycles. The molecule has 200 valence electrons. The fraction of sp³-hybridized carbons (Fsp3) is 0.952. The van der Waals surface area contributed by atoms with Gasteiger partial charge in [-0.3, -0.25) is 4.79 Å². The first kappa shape index (κ1) is 36.2. The number of amides is 1. The molecular weight excluding hydrogens is 679 g/mol. The SMILES string of the molecule is CC.CC(P)OCCCCC(=O)NCCC[C@H]1CC[C@@H](COI)O1.OCC1C(O)C1O.OI. The molecule has 5 N–H and O–H groups in total. The van der Waals surface area contributed by atoms with Crippen molar-refractivity contribution in [1.29, 1.82) is 0 Å². The molecule has 1 saturated heterocycles. The maximum atomic E-state index is 11.7. The number of ether oxygens (including phenoxy) is 2. The van der Waals surface area contributed by atoms with E-state index in [2.05, 4.69) is 14.6 Å². The molecule has 33 heavy (non-hydrogen) atoms. The fourth-order valence-corrected chi connectivity index (χ4v) is 3.58. The van der Waals surface area contributed by atoms with Crippen molar-refractivity contribution in [2.75, 3.05) is 26.4 Å². The average Bonchev–Trinajstić information content (AvgIpc) is 3.17. The van der Waals surface area contributed by atoms with Crippen molar-refractivity contribution in [3.8, 4) is 0 Å². The lowest BCUT2D eigenvalue weighted by molar-refractivity contribution is -0.121. The Balaban J connectivity index is 0. The molecular formula is C21H44I2NO8P. The number of hydrogen-bond donors (Lipinski definition) is 5. The largest absolute Gasteiger partial charge is 0.396 e. The lowest BCUT2D eigenvalue weighted by Gasteiger charge is -2.12. The molecule has 0 aromatic heterocycles. The van der Waals surface area contributed by atoms with Crippen molar-refractivity contribution in [1.82, 2.24) is 5.32 Å². The summed E-state index contributed by atoms with van der Waals surface area (Å²) in [5, 5.41) is 28.2. The van der Waals surface area contributed by atoms with Gasteiger partial charge in [0, 0.05) is 25.5 Å². The zero-order valence-electron chi connectivity index (χ0n) is 20.0. The van der Waals surface area contributed by atoms with E-state index in [9.17, 15) is 4.79 Å². The standard InChI is InChI=1S/C15H29INO4P.C4H8O3.C2H6.HIO/c1-12(22)19-10-3-2-6-15(18)17-9-4-5-13-7-8-14(21-13)11-20-16;5-1-2-3(6)4(2)7;2*1-2/h12-14H,2-11,22H2,1H3,(H,17,18);2-7H,1H2;1-2H3;2H/t12?,13-,14-;;;/m0.../s1. The Morgan fingerprint density at radius 1 is 1.15 bits per heavy atom. The van der Waals surface area contributed by atoms with Gasteiger partial charge in [0.2, 0.25) is 5.91 Å². The van der Waals surface area contributed by atoms with E-state index in [1.807, 2.05) is 43.8 Å². The van der Waals surface area contributed by atoms with Gasteiger partial charge in [-0.2, -0.15) is 0 Å². The Kier molecular flexibility index (Phi) is 27.2. The molecule has 2 aliphatic rings. The Hall–Kier alpha value is 1.08. The third-order valence-corrected chi connectivity index (χ3v) is 5.50. The molecule has 12 heteroatoms. The van der Waals surface area contributed by atoms with Crippen LogP contribution >= 0.6 is 55.3 Å². The summed E-state index contributed by atoms with van der Waals surface area (Å²) in [6.07, 6.45) is 5.83. The van der Waals surface area contributed by atoms with Gasteiger partial charge in [0.25, 0.3) is 0 Å². The predicted molar refractivity (Wildman–Crippen MR) is 149 cm³/mol. The van der Waals surface area contributed by atoms with E-state index in [-0.39, 0.29) is 30.4 Å². The smallest absolute Gasteiger partial charge is 0.219 e. The molecule has 9 nitrogen and oxygen atoms in total. The van der Waals surface area contributed by atoms with E-state index in [1.54, 1.807) is 0 Å². The molecule has 4 unspecified atom stereocenters. The van der Waals surface area contributed by atoms with Crippen LogP contribution in [0, 0.1) is 5.92 Å². The van der Waals surface area contributed by atoms with Crippen molar-refractivity contribution in [3.05, 3.63) is 0 Å². The summed E-state index contributed by atoms with van der Waals surface area (Å²) in [6.45, 7) is 8.02. The quantitative estimate of drug-likeness (QED) is 0.111. The van der Waals surface area contributed by atoms with Crippen LogP contribution in [0.4, 0.5) is 0 Å². The summed E-state index contributed by atoms with van der Waals surface area (Å²) in [7, 11) is 2.60. The average molecular weight is 723 g/mol. The molecule has 0 spiro atoms. The number of halogens is 2. The molecule has 1 amide bonds. The van der Waals surface area contributed by atoms with Crippen LogP contribution in [0.5, 0.6) is 0 Å². The highest BCUT2D eigenvalue weighted by Crippen LogP contribution is 2.29. The maximum Gasteiger partial charge on any atom is 0.219 e. The minimum atomic E-state index is -0.662. The van der Waals surface area contributed by atoms with Crippen molar-refractivity contribution < 1.29 is 36.1 Å². The summed E-state index contributed by atoms with van der Waals surface area (Å²) in [6, 6.07) is 0. The van der Waals surface area contributed by atoms with Crippen LogP contribution in [0.2, 0.25) is 0 Å². The van der Waals surface area contributed by atoms with Gasteiger partial charge in [-0.05, 0) is 45.4 Å². The van der Waals surface area contributed by atoms with Gasteiger partial charge in [-0.25, -0.2) is 0 Å². The van der Waals surface area contributed by atoms with Gasteiger partial charge >= 0.3 is 0 Å². The number of rotatable bonds is 13. The van der Waals surface area contributed by atoms with Gasteiger partial charge in [0.15, 0.2) is 0 Å². The molecule has 2 fully saturated rings. The summed E-state index contributed by atoms with van der Waals surface area (Å²) >= 11 is 3.06. The van der Waals surface area contributed by atoms with Crippen LogP contribution in [0.15, 0.2) is 0 Å². The van der Waals surface area contributed by atoms with Crippen LogP contribution in [-0.4, -0.2) is 81.3 Å². The minimum absolute atomic E-state index is 0.109. The predicted octanol–water partition coefficient (Wildman–Crippen LogP) is 2.89. The van der Waals surface area contributed by atoms with Crippen LogP contribution in [0.3, 0.4) is 0 Å². The molecule has 1 saturated carbocycles. The first-order valence-corrected chi connectivity index (χ1v) is 14.1. The van der Waals surface area contributed by atoms with Crippen molar-refractivity contribution in [2.45, 2.75) is 96.0 Å².